The number of fused-ring (bicyclic) bond motifs is 1. The Morgan fingerprint density at radius 2 is 1.79 bits per heavy atom. The molecule has 0 bridgehead atoms. The fourth-order valence-corrected chi connectivity index (χ4v) is 3.77. The largest absolute Gasteiger partial charge is 0.465 e. The first-order valence-electron chi connectivity index (χ1n) is 7.99. The van der Waals surface area contributed by atoms with E-state index >= 15 is 0 Å². The highest BCUT2D eigenvalue weighted by molar-refractivity contribution is 8.00. The SMILES string of the molecule is CCOC(=O)CSc1c(C)[nH+]c2ccccc2c1-c1ccccc1. The minimum Gasteiger partial charge on any atom is -0.465 e. The summed E-state index contributed by atoms with van der Waals surface area (Å²) in [5.41, 5.74) is 4.46. The van der Waals surface area contributed by atoms with Gasteiger partial charge in [-0.25, -0.2) is 4.98 Å². The molecule has 4 heteroatoms. The van der Waals surface area contributed by atoms with Crippen LogP contribution in [0.4, 0.5) is 0 Å². The molecule has 0 aliphatic rings. The topological polar surface area (TPSA) is 40.4 Å². The van der Waals surface area contributed by atoms with E-state index in [0.29, 0.717) is 12.4 Å². The summed E-state index contributed by atoms with van der Waals surface area (Å²) in [6, 6.07) is 18.6. The van der Waals surface area contributed by atoms with Crippen molar-refractivity contribution in [2.24, 2.45) is 0 Å². The Morgan fingerprint density at radius 3 is 2.54 bits per heavy atom. The molecular weight excluding hydrogens is 318 g/mol. The van der Waals surface area contributed by atoms with E-state index < -0.39 is 0 Å². The monoisotopic (exact) mass is 338 g/mol. The van der Waals surface area contributed by atoms with Crippen molar-refractivity contribution in [2.75, 3.05) is 12.4 Å². The Balaban J connectivity index is 2.13. The molecule has 0 aliphatic heterocycles. The molecule has 122 valence electrons. The maximum absolute atomic E-state index is 11.8. The second-order valence-corrected chi connectivity index (χ2v) is 6.45. The van der Waals surface area contributed by atoms with Crippen LogP contribution in [0.1, 0.15) is 12.6 Å². The van der Waals surface area contributed by atoms with Crippen molar-refractivity contribution in [1.29, 1.82) is 0 Å². The normalized spacial score (nSPS) is 10.8. The van der Waals surface area contributed by atoms with E-state index in [2.05, 4.69) is 29.2 Å². The van der Waals surface area contributed by atoms with Gasteiger partial charge in [-0.2, -0.15) is 0 Å². The zero-order valence-electron chi connectivity index (χ0n) is 13.8. The van der Waals surface area contributed by atoms with E-state index in [4.69, 9.17) is 4.74 Å². The average Bonchev–Trinajstić information content (AvgIpc) is 2.60. The zero-order valence-corrected chi connectivity index (χ0v) is 14.7. The molecule has 0 saturated carbocycles. The first-order chi connectivity index (χ1) is 11.7. The molecule has 0 amide bonds. The van der Waals surface area contributed by atoms with Gasteiger partial charge in [-0.1, -0.05) is 42.5 Å². The Kier molecular flexibility index (Phi) is 5.16. The molecule has 0 fully saturated rings. The van der Waals surface area contributed by atoms with E-state index in [1.54, 1.807) is 0 Å². The standard InChI is InChI=1S/C20H19NO2S/c1-3-23-18(22)13-24-20-14(2)21-17-12-8-7-11-16(17)19(20)15-9-5-4-6-10-15/h4-12H,3,13H2,1-2H3/p+1. The van der Waals surface area contributed by atoms with Gasteiger partial charge in [-0.15, -0.1) is 11.8 Å². The summed E-state index contributed by atoms with van der Waals surface area (Å²) < 4.78 is 5.07. The predicted molar refractivity (Wildman–Crippen MR) is 98.0 cm³/mol. The minimum absolute atomic E-state index is 0.186. The van der Waals surface area contributed by atoms with Gasteiger partial charge in [-0.05, 0) is 18.6 Å². The number of carbonyl (C=O) groups excluding carboxylic acids is 1. The molecule has 3 nitrogen and oxygen atoms in total. The van der Waals surface area contributed by atoms with Crippen molar-refractivity contribution >= 4 is 28.6 Å². The highest BCUT2D eigenvalue weighted by Gasteiger charge is 2.20. The zero-order chi connectivity index (χ0) is 16.9. The lowest BCUT2D eigenvalue weighted by atomic mass is 10.00. The molecule has 3 aromatic rings. The molecular formula is C20H20NO2S+. The number of nitrogens with one attached hydrogen (secondary N) is 1. The maximum Gasteiger partial charge on any atom is 0.316 e. The van der Waals surface area contributed by atoms with Crippen molar-refractivity contribution in [3.05, 3.63) is 60.3 Å². The molecule has 0 unspecified atom stereocenters. The Bertz CT molecular complexity index is 862. The van der Waals surface area contributed by atoms with Gasteiger partial charge in [0.15, 0.2) is 5.69 Å². The van der Waals surface area contributed by atoms with Crippen LogP contribution in [-0.4, -0.2) is 18.3 Å². The molecule has 24 heavy (non-hydrogen) atoms. The lowest BCUT2D eigenvalue weighted by Gasteiger charge is -2.12. The lowest BCUT2D eigenvalue weighted by molar-refractivity contribution is -0.357. The number of rotatable bonds is 5. The van der Waals surface area contributed by atoms with E-state index in [1.807, 2.05) is 44.2 Å². The number of pyridine rings is 1. The molecule has 0 radical (unpaired) electrons. The number of aromatic nitrogens is 1. The van der Waals surface area contributed by atoms with Gasteiger partial charge in [0.1, 0.15) is 0 Å². The van der Waals surface area contributed by atoms with Crippen molar-refractivity contribution in [3.8, 4) is 11.1 Å². The third-order valence-corrected chi connectivity index (χ3v) is 4.97. The lowest BCUT2D eigenvalue weighted by Crippen LogP contribution is -2.13. The summed E-state index contributed by atoms with van der Waals surface area (Å²) in [6.07, 6.45) is 0. The number of ether oxygens (including phenoxy) is 1. The first-order valence-corrected chi connectivity index (χ1v) is 8.97. The fraction of sp³-hybridized carbons (Fsp3) is 0.200. The van der Waals surface area contributed by atoms with Gasteiger partial charge in [0, 0.05) is 18.6 Å². The third-order valence-electron chi connectivity index (χ3n) is 3.79. The Hall–Kier alpha value is -2.33. The molecule has 1 N–H and O–H groups in total. The number of aryl methyl sites for hydroxylation is 1. The number of esters is 1. The number of thioether (sulfide) groups is 1. The van der Waals surface area contributed by atoms with E-state index in [-0.39, 0.29) is 5.97 Å². The quantitative estimate of drug-likeness (QED) is 0.515. The van der Waals surface area contributed by atoms with Gasteiger partial charge < -0.3 is 4.74 Å². The van der Waals surface area contributed by atoms with Crippen molar-refractivity contribution in [2.45, 2.75) is 18.7 Å². The van der Waals surface area contributed by atoms with Crippen LogP contribution < -0.4 is 4.98 Å². The van der Waals surface area contributed by atoms with Crippen molar-refractivity contribution in [1.82, 2.24) is 0 Å². The van der Waals surface area contributed by atoms with Crippen LogP contribution in [0, 0.1) is 6.92 Å². The van der Waals surface area contributed by atoms with E-state index in [9.17, 15) is 4.79 Å². The first kappa shape index (κ1) is 16.5. The Labute approximate surface area is 146 Å². The summed E-state index contributed by atoms with van der Waals surface area (Å²) in [6.45, 7) is 4.28. The molecule has 0 spiro atoms. The number of hydrogen-bond donors (Lipinski definition) is 0. The van der Waals surface area contributed by atoms with Crippen LogP contribution in [-0.2, 0) is 9.53 Å². The fourth-order valence-electron chi connectivity index (χ4n) is 2.78. The van der Waals surface area contributed by atoms with Crippen LogP contribution in [0.25, 0.3) is 22.0 Å². The predicted octanol–water partition coefficient (Wildman–Crippen LogP) is 4.28. The van der Waals surface area contributed by atoms with Crippen molar-refractivity contribution < 1.29 is 14.5 Å². The summed E-state index contributed by atoms with van der Waals surface area (Å²) in [7, 11) is 0. The summed E-state index contributed by atoms with van der Waals surface area (Å²) in [5.74, 6) is 0.120. The van der Waals surface area contributed by atoms with Gasteiger partial charge in [-0.3, -0.25) is 4.79 Å². The summed E-state index contributed by atoms with van der Waals surface area (Å²) >= 11 is 1.53. The number of hydrogen-bond acceptors (Lipinski definition) is 3. The molecule has 0 aliphatic carbocycles. The minimum atomic E-state index is -0.186. The number of aromatic amines is 1. The molecule has 0 atom stereocenters. The number of carbonyl (C=O) groups is 1. The van der Waals surface area contributed by atoms with Crippen LogP contribution in [0.15, 0.2) is 59.5 Å². The molecule has 1 aromatic heterocycles. The van der Waals surface area contributed by atoms with Gasteiger partial charge >= 0.3 is 5.97 Å². The van der Waals surface area contributed by atoms with Crippen LogP contribution in [0.3, 0.4) is 0 Å². The average molecular weight is 338 g/mol. The number of para-hydroxylation sites is 1. The number of H-pyrrole nitrogens is 1. The van der Waals surface area contributed by atoms with Crippen LogP contribution in [0.5, 0.6) is 0 Å². The highest BCUT2D eigenvalue weighted by Crippen LogP contribution is 2.37. The van der Waals surface area contributed by atoms with Crippen LogP contribution in [0.2, 0.25) is 0 Å². The second kappa shape index (κ2) is 7.49. The van der Waals surface area contributed by atoms with E-state index in [1.165, 1.54) is 11.8 Å². The summed E-state index contributed by atoms with van der Waals surface area (Å²) in [5, 5.41) is 1.15. The summed E-state index contributed by atoms with van der Waals surface area (Å²) in [4.78, 5) is 16.3. The van der Waals surface area contributed by atoms with Gasteiger partial charge in [0.2, 0.25) is 5.52 Å². The van der Waals surface area contributed by atoms with Gasteiger partial charge in [0.25, 0.3) is 0 Å². The highest BCUT2D eigenvalue weighted by atomic mass is 32.2. The third kappa shape index (κ3) is 3.44. The molecule has 2 aromatic carbocycles. The molecule has 3 rings (SSSR count). The van der Waals surface area contributed by atoms with Gasteiger partial charge in [0.05, 0.1) is 22.6 Å². The smallest absolute Gasteiger partial charge is 0.316 e. The maximum atomic E-state index is 11.8. The second-order valence-electron chi connectivity index (χ2n) is 5.46. The number of benzene rings is 2. The Morgan fingerprint density at radius 1 is 1.08 bits per heavy atom. The van der Waals surface area contributed by atoms with E-state index in [0.717, 1.165) is 32.6 Å². The van der Waals surface area contributed by atoms with Crippen molar-refractivity contribution in [3.63, 3.8) is 0 Å². The molecule has 1 heterocycles. The molecule has 0 saturated heterocycles. The van der Waals surface area contributed by atoms with Crippen LogP contribution >= 0.6 is 11.8 Å².